The third-order valence-corrected chi connectivity index (χ3v) is 4.08. The molecule has 0 amide bonds. The summed E-state index contributed by atoms with van der Waals surface area (Å²) in [4.78, 5) is 10.4. The number of halogens is 3. The van der Waals surface area contributed by atoms with Crippen molar-refractivity contribution in [3.63, 3.8) is 0 Å². The number of benzene rings is 1. The van der Waals surface area contributed by atoms with Gasteiger partial charge < -0.3 is 20.1 Å². The highest BCUT2D eigenvalue weighted by molar-refractivity contribution is 5.59. The summed E-state index contributed by atoms with van der Waals surface area (Å²) >= 11 is 0. The number of nitrogen functional groups attached to an aromatic ring is 1. The molecule has 0 saturated heterocycles. The van der Waals surface area contributed by atoms with Gasteiger partial charge in [-0.05, 0) is 29.7 Å². The van der Waals surface area contributed by atoms with Crippen molar-refractivity contribution in [2.24, 2.45) is 0 Å². The van der Waals surface area contributed by atoms with Gasteiger partial charge in [-0.2, -0.15) is 23.1 Å². The number of nitrogens with two attached hydrogens (primary N) is 1. The molecule has 9 heteroatoms. The van der Waals surface area contributed by atoms with E-state index in [1.165, 1.54) is 26.4 Å². The number of methoxy groups -OCH3 is 2. The van der Waals surface area contributed by atoms with Crippen LogP contribution in [0.1, 0.15) is 16.7 Å². The molecular weight excluding hydrogens is 337 g/mol. The van der Waals surface area contributed by atoms with Gasteiger partial charge >= 0.3 is 6.18 Å². The summed E-state index contributed by atoms with van der Waals surface area (Å²) in [7, 11) is 2.87. The van der Waals surface area contributed by atoms with Crippen molar-refractivity contribution >= 4 is 11.6 Å². The number of aromatic nitrogens is 2. The standard InChI is InChI=1S/C16H17F3N4O2/c1-24-13-12(20)14(25-2)22-15(21-13)23-6-5-9-7-11(16(17,18)19)4-3-10(9)8-23/h3-4,7H,5-6,8,20H2,1-2H3. The van der Waals surface area contributed by atoms with E-state index in [1.54, 1.807) is 0 Å². The molecule has 6 nitrogen and oxygen atoms in total. The van der Waals surface area contributed by atoms with Crippen LogP contribution in [0.2, 0.25) is 0 Å². The molecule has 2 N–H and O–H groups in total. The number of hydrogen-bond acceptors (Lipinski definition) is 6. The van der Waals surface area contributed by atoms with Gasteiger partial charge in [0.25, 0.3) is 0 Å². The van der Waals surface area contributed by atoms with E-state index < -0.39 is 11.7 Å². The van der Waals surface area contributed by atoms with Crippen LogP contribution in [0.4, 0.5) is 24.8 Å². The summed E-state index contributed by atoms with van der Waals surface area (Å²) in [6, 6.07) is 3.79. The molecule has 0 saturated carbocycles. The Hall–Kier alpha value is -2.71. The molecule has 0 radical (unpaired) electrons. The van der Waals surface area contributed by atoms with E-state index in [-0.39, 0.29) is 17.4 Å². The van der Waals surface area contributed by atoms with Crippen LogP contribution in [0.5, 0.6) is 11.8 Å². The van der Waals surface area contributed by atoms with Gasteiger partial charge in [0.15, 0.2) is 5.69 Å². The molecule has 0 spiro atoms. The highest BCUT2D eigenvalue weighted by atomic mass is 19.4. The maximum atomic E-state index is 12.8. The van der Waals surface area contributed by atoms with E-state index in [0.717, 1.165) is 11.6 Å². The number of ether oxygens (including phenoxy) is 2. The number of nitrogens with zero attached hydrogens (tertiary/aromatic N) is 3. The Labute approximate surface area is 142 Å². The Morgan fingerprint density at radius 2 is 1.72 bits per heavy atom. The smallest absolute Gasteiger partial charge is 0.416 e. The van der Waals surface area contributed by atoms with Gasteiger partial charge in [-0.25, -0.2) is 0 Å². The van der Waals surface area contributed by atoms with Crippen molar-refractivity contribution < 1.29 is 22.6 Å². The summed E-state index contributed by atoms with van der Waals surface area (Å²) in [5.74, 6) is 0.744. The van der Waals surface area contributed by atoms with Gasteiger partial charge in [-0.15, -0.1) is 0 Å². The zero-order valence-corrected chi connectivity index (χ0v) is 13.7. The van der Waals surface area contributed by atoms with E-state index in [2.05, 4.69) is 9.97 Å². The predicted molar refractivity (Wildman–Crippen MR) is 85.7 cm³/mol. The molecule has 0 aliphatic carbocycles. The molecule has 25 heavy (non-hydrogen) atoms. The molecule has 0 fully saturated rings. The molecule has 134 valence electrons. The molecule has 2 aromatic rings. The number of alkyl halides is 3. The van der Waals surface area contributed by atoms with Gasteiger partial charge in [0.05, 0.1) is 19.8 Å². The SMILES string of the molecule is COc1nc(N2CCc3cc(C(F)(F)F)ccc3C2)nc(OC)c1N. The lowest BCUT2D eigenvalue weighted by atomic mass is 9.97. The predicted octanol–water partition coefficient (Wildman–Crippen LogP) is 2.66. The Morgan fingerprint density at radius 1 is 1.08 bits per heavy atom. The molecule has 0 bridgehead atoms. The third-order valence-electron chi connectivity index (χ3n) is 4.08. The van der Waals surface area contributed by atoms with Crippen LogP contribution in [0.3, 0.4) is 0 Å². The minimum Gasteiger partial charge on any atom is -0.479 e. The lowest BCUT2D eigenvalue weighted by molar-refractivity contribution is -0.137. The fraction of sp³-hybridized carbons (Fsp3) is 0.375. The van der Waals surface area contributed by atoms with Crippen LogP contribution in [-0.2, 0) is 19.1 Å². The first-order valence-electron chi connectivity index (χ1n) is 7.53. The largest absolute Gasteiger partial charge is 0.479 e. The Morgan fingerprint density at radius 3 is 2.28 bits per heavy atom. The van der Waals surface area contributed by atoms with Crippen molar-refractivity contribution in [1.29, 1.82) is 0 Å². The minimum atomic E-state index is -4.34. The molecule has 2 heterocycles. The number of hydrogen-bond donors (Lipinski definition) is 1. The zero-order valence-electron chi connectivity index (χ0n) is 13.7. The average molecular weight is 354 g/mol. The fourth-order valence-electron chi connectivity index (χ4n) is 2.77. The van der Waals surface area contributed by atoms with Gasteiger partial charge in [0.2, 0.25) is 17.7 Å². The van der Waals surface area contributed by atoms with Gasteiger partial charge in [-0.1, -0.05) is 6.07 Å². The highest BCUT2D eigenvalue weighted by Gasteiger charge is 2.32. The summed E-state index contributed by atoms with van der Waals surface area (Å²) in [6.45, 7) is 0.869. The van der Waals surface area contributed by atoms with E-state index in [1.807, 2.05) is 4.90 Å². The van der Waals surface area contributed by atoms with Crippen molar-refractivity contribution in [2.45, 2.75) is 19.1 Å². The summed E-state index contributed by atoms with van der Waals surface area (Å²) in [6.07, 6.45) is -3.88. The first-order valence-corrected chi connectivity index (χ1v) is 7.53. The highest BCUT2D eigenvalue weighted by Crippen LogP contribution is 2.34. The second-order valence-electron chi connectivity index (χ2n) is 5.61. The van der Waals surface area contributed by atoms with E-state index in [9.17, 15) is 13.2 Å². The lowest BCUT2D eigenvalue weighted by Gasteiger charge is -2.29. The topological polar surface area (TPSA) is 73.5 Å². The van der Waals surface area contributed by atoms with Crippen molar-refractivity contribution in [3.8, 4) is 11.8 Å². The minimum absolute atomic E-state index is 0.195. The molecule has 3 rings (SSSR count). The van der Waals surface area contributed by atoms with Crippen molar-refractivity contribution in [1.82, 2.24) is 9.97 Å². The fourth-order valence-corrected chi connectivity index (χ4v) is 2.77. The average Bonchev–Trinajstić information content (AvgIpc) is 2.60. The quantitative estimate of drug-likeness (QED) is 0.914. The summed E-state index contributed by atoms with van der Waals surface area (Å²) < 4.78 is 48.8. The molecule has 1 aromatic heterocycles. The second-order valence-corrected chi connectivity index (χ2v) is 5.61. The van der Waals surface area contributed by atoms with Crippen LogP contribution in [0.15, 0.2) is 18.2 Å². The van der Waals surface area contributed by atoms with E-state index >= 15 is 0 Å². The maximum absolute atomic E-state index is 12.8. The second kappa shape index (κ2) is 6.30. The normalized spacial score (nSPS) is 14.2. The van der Waals surface area contributed by atoms with Crippen LogP contribution in [0, 0.1) is 0 Å². The Bertz CT molecular complexity index is 770. The molecular formula is C16H17F3N4O2. The Balaban J connectivity index is 1.91. The van der Waals surface area contributed by atoms with E-state index in [4.69, 9.17) is 15.2 Å². The number of anilines is 2. The molecule has 0 atom stereocenters. The van der Waals surface area contributed by atoms with Crippen LogP contribution in [-0.4, -0.2) is 30.7 Å². The third kappa shape index (κ3) is 3.26. The van der Waals surface area contributed by atoms with Crippen LogP contribution < -0.4 is 20.1 Å². The first-order chi connectivity index (χ1) is 11.8. The first kappa shape index (κ1) is 17.1. The molecule has 0 unspecified atom stereocenters. The summed E-state index contributed by atoms with van der Waals surface area (Å²) in [5.41, 5.74) is 6.88. The van der Waals surface area contributed by atoms with Crippen molar-refractivity contribution in [2.75, 3.05) is 31.4 Å². The summed E-state index contributed by atoms with van der Waals surface area (Å²) in [5, 5.41) is 0. The zero-order chi connectivity index (χ0) is 18.2. The number of fused-ring (bicyclic) bond motifs is 1. The monoisotopic (exact) mass is 354 g/mol. The van der Waals surface area contributed by atoms with Gasteiger partial charge in [0.1, 0.15) is 0 Å². The van der Waals surface area contributed by atoms with Crippen LogP contribution in [0.25, 0.3) is 0 Å². The lowest BCUT2D eigenvalue weighted by Crippen LogP contribution is -2.32. The Kier molecular flexibility index (Phi) is 4.32. The molecule has 1 aromatic carbocycles. The van der Waals surface area contributed by atoms with Crippen molar-refractivity contribution in [3.05, 3.63) is 34.9 Å². The van der Waals surface area contributed by atoms with Gasteiger partial charge in [-0.3, -0.25) is 0 Å². The molecule has 1 aliphatic heterocycles. The van der Waals surface area contributed by atoms with E-state index in [0.29, 0.717) is 31.0 Å². The molecule has 1 aliphatic rings. The maximum Gasteiger partial charge on any atom is 0.416 e. The van der Waals surface area contributed by atoms with Gasteiger partial charge in [0, 0.05) is 13.1 Å². The van der Waals surface area contributed by atoms with Crippen LogP contribution >= 0.6 is 0 Å². The number of rotatable bonds is 3.